The van der Waals surface area contributed by atoms with Gasteiger partial charge in [0.05, 0.1) is 12.8 Å². The van der Waals surface area contributed by atoms with E-state index in [0.29, 0.717) is 29.6 Å². The molecule has 0 heterocycles. The molecule has 2 aromatic carbocycles. The minimum Gasteiger partial charge on any atom is -0.495 e. The SMILES string of the molecule is COc1ccc(NC(C)=O)cc1NCCOc1ccc(Cl)cc1. The third-order valence-electron chi connectivity index (χ3n) is 3.02. The number of halogens is 1. The Morgan fingerprint density at radius 2 is 1.91 bits per heavy atom. The lowest BCUT2D eigenvalue weighted by atomic mass is 10.2. The number of anilines is 2. The lowest BCUT2D eigenvalue weighted by Gasteiger charge is -2.13. The molecule has 0 aliphatic heterocycles. The van der Waals surface area contributed by atoms with Crippen LogP contribution in [0, 0.1) is 0 Å². The van der Waals surface area contributed by atoms with Crippen LogP contribution in [-0.2, 0) is 4.79 Å². The predicted octanol–water partition coefficient (Wildman–Crippen LogP) is 3.80. The van der Waals surface area contributed by atoms with Crippen molar-refractivity contribution < 1.29 is 14.3 Å². The van der Waals surface area contributed by atoms with Crippen molar-refractivity contribution in [2.24, 2.45) is 0 Å². The maximum Gasteiger partial charge on any atom is 0.221 e. The highest BCUT2D eigenvalue weighted by Crippen LogP contribution is 2.27. The molecule has 6 heteroatoms. The van der Waals surface area contributed by atoms with E-state index in [-0.39, 0.29) is 5.91 Å². The standard InChI is InChI=1S/C17H19ClN2O3/c1-12(21)20-14-5-8-17(22-2)16(11-14)19-9-10-23-15-6-3-13(18)4-7-15/h3-8,11,19H,9-10H2,1-2H3,(H,20,21). The number of benzene rings is 2. The Kier molecular flexibility index (Phi) is 6.11. The van der Waals surface area contributed by atoms with E-state index < -0.39 is 0 Å². The van der Waals surface area contributed by atoms with Gasteiger partial charge in [0.25, 0.3) is 0 Å². The Balaban J connectivity index is 1.90. The highest BCUT2D eigenvalue weighted by atomic mass is 35.5. The van der Waals surface area contributed by atoms with E-state index in [9.17, 15) is 4.79 Å². The van der Waals surface area contributed by atoms with Crippen LogP contribution in [0.5, 0.6) is 11.5 Å². The molecule has 23 heavy (non-hydrogen) atoms. The van der Waals surface area contributed by atoms with Crippen LogP contribution in [0.25, 0.3) is 0 Å². The number of nitrogens with one attached hydrogen (secondary N) is 2. The highest BCUT2D eigenvalue weighted by molar-refractivity contribution is 6.30. The van der Waals surface area contributed by atoms with Gasteiger partial charge in [0.2, 0.25) is 5.91 Å². The maximum absolute atomic E-state index is 11.1. The molecule has 5 nitrogen and oxygen atoms in total. The zero-order chi connectivity index (χ0) is 16.7. The molecule has 0 saturated carbocycles. The molecule has 0 bridgehead atoms. The van der Waals surface area contributed by atoms with Crippen molar-refractivity contribution >= 4 is 28.9 Å². The van der Waals surface area contributed by atoms with Crippen LogP contribution in [0.15, 0.2) is 42.5 Å². The van der Waals surface area contributed by atoms with Gasteiger partial charge in [-0.15, -0.1) is 0 Å². The van der Waals surface area contributed by atoms with Crippen LogP contribution in [0.1, 0.15) is 6.92 Å². The second-order valence-corrected chi connectivity index (χ2v) is 5.26. The number of hydrogen-bond donors (Lipinski definition) is 2. The molecule has 0 radical (unpaired) electrons. The maximum atomic E-state index is 11.1. The Bertz CT molecular complexity index is 659. The summed E-state index contributed by atoms with van der Waals surface area (Å²) in [6.07, 6.45) is 0. The molecule has 122 valence electrons. The Hall–Kier alpha value is -2.40. The second kappa shape index (κ2) is 8.29. The van der Waals surface area contributed by atoms with Gasteiger partial charge in [-0.2, -0.15) is 0 Å². The molecule has 0 atom stereocenters. The van der Waals surface area contributed by atoms with Crippen molar-refractivity contribution in [3.05, 3.63) is 47.5 Å². The molecule has 0 aromatic heterocycles. The van der Waals surface area contributed by atoms with Gasteiger partial charge in [0.15, 0.2) is 0 Å². The first-order valence-corrected chi connectivity index (χ1v) is 7.54. The van der Waals surface area contributed by atoms with E-state index in [1.807, 2.05) is 18.2 Å². The van der Waals surface area contributed by atoms with Gasteiger partial charge in [-0.1, -0.05) is 11.6 Å². The van der Waals surface area contributed by atoms with E-state index in [0.717, 1.165) is 11.4 Å². The van der Waals surface area contributed by atoms with Crippen molar-refractivity contribution in [1.29, 1.82) is 0 Å². The minimum absolute atomic E-state index is 0.118. The summed E-state index contributed by atoms with van der Waals surface area (Å²) in [6, 6.07) is 12.6. The first-order chi connectivity index (χ1) is 11.1. The number of methoxy groups -OCH3 is 1. The molecule has 0 fully saturated rings. The second-order valence-electron chi connectivity index (χ2n) is 4.83. The number of carbonyl (C=O) groups is 1. The zero-order valence-electron chi connectivity index (χ0n) is 13.1. The first kappa shape index (κ1) is 17.0. The molecule has 2 N–H and O–H groups in total. The van der Waals surface area contributed by atoms with Crippen LogP contribution in [-0.4, -0.2) is 26.2 Å². The van der Waals surface area contributed by atoms with Gasteiger partial charge in [-0.3, -0.25) is 4.79 Å². The smallest absolute Gasteiger partial charge is 0.221 e. The number of ether oxygens (including phenoxy) is 2. The minimum atomic E-state index is -0.118. The average molecular weight is 335 g/mol. The fourth-order valence-electron chi connectivity index (χ4n) is 2.01. The highest BCUT2D eigenvalue weighted by Gasteiger charge is 2.05. The van der Waals surface area contributed by atoms with E-state index in [4.69, 9.17) is 21.1 Å². The number of hydrogen-bond acceptors (Lipinski definition) is 4. The lowest BCUT2D eigenvalue weighted by Crippen LogP contribution is -2.13. The lowest BCUT2D eigenvalue weighted by molar-refractivity contribution is -0.114. The monoisotopic (exact) mass is 334 g/mol. The topological polar surface area (TPSA) is 59.6 Å². The van der Waals surface area contributed by atoms with Crippen LogP contribution in [0.2, 0.25) is 5.02 Å². The van der Waals surface area contributed by atoms with Gasteiger partial charge >= 0.3 is 0 Å². The van der Waals surface area contributed by atoms with Gasteiger partial charge < -0.3 is 20.1 Å². The summed E-state index contributed by atoms with van der Waals surface area (Å²) in [6.45, 7) is 2.54. The average Bonchev–Trinajstić information content (AvgIpc) is 2.53. The molecule has 2 rings (SSSR count). The largest absolute Gasteiger partial charge is 0.495 e. The van der Waals surface area contributed by atoms with E-state index in [1.165, 1.54) is 6.92 Å². The first-order valence-electron chi connectivity index (χ1n) is 7.16. The van der Waals surface area contributed by atoms with Crippen LogP contribution in [0.3, 0.4) is 0 Å². The third-order valence-corrected chi connectivity index (χ3v) is 3.27. The number of rotatable bonds is 7. The molecule has 0 aliphatic carbocycles. The van der Waals surface area contributed by atoms with E-state index in [2.05, 4.69) is 10.6 Å². The van der Waals surface area contributed by atoms with Crippen LogP contribution < -0.4 is 20.1 Å². The Morgan fingerprint density at radius 3 is 2.57 bits per heavy atom. The van der Waals surface area contributed by atoms with Gasteiger partial charge in [-0.25, -0.2) is 0 Å². The van der Waals surface area contributed by atoms with Gasteiger partial charge in [0.1, 0.15) is 18.1 Å². The predicted molar refractivity (Wildman–Crippen MR) is 92.7 cm³/mol. The summed E-state index contributed by atoms with van der Waals surface area (Å²) in [5, 5.41) is 6.65. The fraction of sp³-hybridized carbons (Fsp3) is 0.235. The molecule has 0 saturated heterocycles. The number of amides is 1. The molecule has 1 amide bonds. The zero-order valence-corrected chi connectivity index (χ0v) is 13.8. The quantitative estimate of drug-likeness (QED) is 0.756. The Labute approximate surface area is 140 Å². The molecular weight excluding hydrogens is 316 g/mol. The summed E-state index contributed by atoms with van der Waals surface area (Å²) in [4.78, 5) is 11.1. The molecule has 0 spiro atoms. The molecule has 0 aliphatic rings. The van der Waals surface area contributed by atoms with Crippen molar-refractivity contribution in [2.45, 2.75) is 6.92 Å². The summed E-state index contributed by atoms with van der Waals surface area (Å²) in [5.74, 6) is 1.34. The molecule has 2 aromatic rings. The summed E-state index contributed by atoms with van der Waals surface area (Å²) in [7, 11) is 1.60. The van der Waals surface area contributed by atoms with Crippen LogP contribution >= 0.6 is 11.6 Å². The summed E-state index contributed by atoms with van der Waals surface area (Å²) in [5.41, 5.74) is 1.50. The van der Waals surface area contributed by atoms with Crippen molar-refractivity contribution in [2.75, 3.05) is 30.9 Å². The van der Waals surface area contributed by atoms with E-state index >= 15 is 0 Å². The van der Waals surface area contributed by atoms with Gasteiger partial charge in [-0.05, 0) is 42.5 Å². The fourth-order valence-corrected chi connectivity index (χ4v) is 2.14. The molecular formula is C17H19ClN2O3. The normalized spacial score (nSPS) is 10.0. The van der Waals surface area contributed by atoms with Gasteiger partial charge in [0, 0.05) is 24.2 Å². The van der Waals surface area contributed by atoms with Crippen molar-refractivity contribution in [3.63, 3.8) is 0 Å². The van der Waals surface area contributed by atoms with Crippen molar-refractivity contribution in [3.8, 4) is 11.5 Å². The Morgan fingerprint density at radius 1 is 1.17 bits per heavy atom. The molecule has 0 unspecified atom stereocenters. The number of carbonyl (C=O) groups excluding carboxylic acids is 1. The summed E-state index contributed by atoms with van der Waals surface area (Å²) < 4.78 is 10.9. The summed E-state index contributed by atoms with van der Waals surface area (Å²) >= 11 is 5.83. The van der Waals surface area contributed by atoms with Crippen molar-refractivity contribution in [1.82, 2.24) is 0 Å². The van der Waals surface area contributed by atoms with E-state index in [1.54, 1.807) is 31.4 Å². The van der Waals surface area contributed by atoms with Crippen LogP contribution in [0.4, 0.5) is 11.4 Å². The third kappa shape index (κ3) is 5.38.